The summed E-state index contributed by atoms with van der Waals surface area (Å²) in [4.78, 5) is 11.9. The van der Waals surface area contributed by atoms with Crippen LogP contribution in [0.1, 0.15) is 34.7 Å². The lowest BCUT2D eigenvalue weighted by atomic mass is 10.0. The number of rotatable bonds is 7. The fourth-order valence-electron chi connectivity index (χ4n) is 2.91. The van der Waals surface area contributed by atoms with Gasteiger partial charge in [0.1, 0.15) is 0 Å². The molecule has 2 rings (SSSR count). The molecule has 25 heavy (non-hydrogen) atoms. The van der Waals surface area contributed by atoms with Gasteiger partial charge in [-0.05, 0) is 50.8 Å². The summed E-state index contributed by atoms with van der Waals surface area (Å²) < 4.78 is 0. The van der Waals surface area contributed by atoms with E-state index in [0.717, 1.165) is 23.1 Å². The largest absolute Gasteiger partial charge is 0.306 e. The van der Waals surface area contributed by atoms with Crippen LogP contribution in [0, 0.1) is 20.8 Å². The Morgan fingerprint density at radius 3 is 2.40 bits per heavy atom. The fraction of sp³-hybridized carbons (Fsp3) is 0.333. The third kappa shape index (κ3) is 6.16. The van der Waals surface area contributed by atoms with Gasteiger partial charge in [-0.3, -0.25) is 4.79 Å². The average Bonchev–Trinajstić information content (AvgIpc) is 2.56. The van der Waals surface area contributed by atoms with Crippen molar-refractivity contribution in [3.05, 3.63) is 70.3 Å². The van der Waals surface area contributed by atoms with Crippen LogP contribution in [0.2, 0.25) is 0 Å². The molecule has 0 heterocycles. The first kappa shape index (κ1) is 18.9. The van der Waals surface area contributed by atoms with E-state index in [1.54, 1.807) is 6.21 Å². The molecule has 2 aromatic rings. The molecule has 0 aromatic heterocycles. The van der Waals surface area contributed by atoms with E-state index >= 15 is 0 Å². The smallest absolute Gasteiger partial charge is 0.254 e. The van der Waals surface area contributed by atoms with E-state index < -0.39 is 0 Å². The van der Waals surface area contributed by atoms with Gasteiger partial charge in [-0.1, -0.05) is 48.0 Å². The number of amides is 1. The lowest BCUT2D eigenvalue weighted by Gasteiger charge is -2.13. The number of carbonyl (C=O) groups excluding carboxylic acids is 1. The number of hydrogen-bond acceptors (Lipinski definition) is 3. The molecule has 0 aliphatic heterocycles. The second-order valence-electron chi connectivity index (χ2n) is 6.58. The quantitative estimate of drug-likeness (QED) is 0.602. The summed E-state index contributed by atoms with van der Waals surface area (Å²) >= 11 is 0. The maximum Gasteiger partial charge on any atom is 0.254 e. The second kappa shape index (κ2) is 9.14. The van der Waals surface area contributed by atoms with E-state index in [2.05, 4.69) is 67.8 Å². The van der Waals surface area contributed by atoms with Gasteiger partial charge in [0.2, 0.25) is 0 Å². The molecule has 4 nitrogen and oxygen atoms in total. The molecular formula is C21H27N3O. The summed E-state index contributed by atoms with van der Waals surface area (Å²) in [5, 5.41) is 7.31. The van der Waals surface area contributed by atoms with Gasteiger partial charge < -0.3 is 5.32 Å². The molecule has 1 unspecified atom stereocenters. The van der Waals surface area contributed by atoms with Crippen molar-refractivity contribution >= 4 is 12.1 Å². The minimum absolute atomic E-state index is 0.140. The van der Waals surface area contributed by atoms with E-state index in [0.29, 0.717) is 0 Å². The molecule has 0 radical (unpaired) electrons. The summed E-state index contributed by atoms with van der Waals surface area (Å²) in [6, 6.07) is 14.7. The molecule has 0 spiro atoms. The van der Waals surface area contributed by atoms with Crippen molar-refractivity contribution in [2.45, 2.75) is 40.2 Å². The molecule has 0 saturated heterocycles. The fourth-order valence-corrected chi connectivity index (χ4v) is 2.91. The van der Waals surface area contributed by atoms with Crippen molar-refractivity contribution in [2.24, 2.45) is 5.10 Å². The van der Waals surface area contributed by atoms with Crippen LogP contribution in [0.5, 0.6) is 0 Å². The zero-order valence-corrected chi connectivity index (χ0v) is 15.5. The average molecular weight is 337 g/mol. The molecule has 0 aliphatic rings. The van der Waals surface area contributed by atoms with Crippen LogP contribution in [-0.2, 0) is 11.2 Å². The number of nitrogens with zero attached hydrogens (tertiary/aromatic N) is 1. The van der Waals surface area contributed by atoms with Gasteiger partial charge in [0.15, 0.2) is 0 Å². The Morgan fingerprint density at radius 1 is 1.12 bits per heavy atom. The number of hydrazone groups is 1. The molecule has 0 aliphatic carbocycles. The zero-order valence-electron chi connectivity index (χ0n) is 15.5. The summed E-state index contributed by atoms with van der Waals surface area (Å²) in [6.07, 6.45) is 2.61. The first-order valence-electron chi connectivity index (χ1n) is 8.62. The maximum atomic E-state index is 11.9. The van der Waals surface area contributed by atoms with Gasteiger partial charge in [0.05, 0.1) is 12.8 Å². The number of nitrogens with one attached hydrogen (secondary N) is 2. The van der Waals surface area contributed by atoms with Crippen LogP contribution in [-0.4, -0.2) is 24.7 Å². The summed E-state index contributed by atoms with van der Waals surface area (Å²) in [5.41, 5.74) is 8.44. The number of carbonyl (C=O) groups is 1. The van der Waals surface area contributed by atoms with Crippen molar-refractivity contribution in [3.63, 3.8) is 0 Å². The Balaban J connectivity index is 1.79. The number of aryl methyl sites for hydroxylation is 3. The van der Waals surface area contributed by atoms with E-state index in [-0.39, 0.29) is 18.5 Å². The lowest BCUT2D eigenvalue weighted by Crippen LogP contribution is -2.37. The highest BCUT2D eigenvalue weighted by molar-refractivity contribution is 5.85. The van der Waals surface area contributed by atoms with Crippen LogP contribution >= 0.6 is 0 Å². The van der Waals surface area contributed by atoms with Gasteiger partial charge in [-0.15, -0.1) is 0 Å². The highest BCUT2D eigenvalue weighted by atomic mass is 16.2. The van der Waals surface area contributed by atoms with Crippen molar-refractivity contribution in [3.8, 4) is 0 Å². The van der Waals surface area contributed by atoms with Crippen LogP contribution in [0.15, 0.2) is 47.6 Å². The van der Waals surface area contributed by atoms with Crippen molar-refractivity contribution < 1.29 is 4.79 Å². The van der Waals surface area contributed by atoms with Crippen molar-refractivity contribution in [1.82, 2.24) is 10.7 Å². The Morgan fingerprint density at radius 2 is 1.76 bits per heavy atom. The number of benzene rings is 2. The molecule has 132 valence electrons. The van der Waals surface area contributed by atoms with Crippen molar-refractivity contribution in [2.75, 3.05) is 6.54 Å². The monoisotopic (exact) mass is 337 g/mol. The maximum absolute atomic E-state index is 11.9. The van der Waals surface area contributed by atoms with E-state index in [1.165, 1.54) is 11.1 Å². The van der Waals surface area contributed by atoms with Gasteiger partial charge in [0, 0.05) is 11.6 Å². The van der Waals surface area contributed by atoms with E-state index in [9.17, 15) is 4.79 Å². The Bertz CT molecular complexity index is 715. The Kier molecular flexibility index (Phi) is 6.90. The predicted octanol–water partition coefficient (Wildman–Crippen LogP) is 3.28. The van der Waals surface area contributed by atoms with Crippen molar-refractivity contribution in [1.29, 1.82) is 0 Å². The van der Waals surface area contributed by atoms with E-state index in [4.69, 9.17) is 0 Å². The third-order valence-corrected chi connectivity index (χ3v) is 4.12. The summed E-state index contributed by atoms with van der Waals surface area (Å²) in [6.45, 7) is 8.50. The molecular weight excluding hydrogens is 310 g/mol. The first-order chi connectivity index (χ1) is 12.0. The highest BCUT2D eigenvalue weighted by Crippen LogP contribution is 2.13. The highest BCUT2D eigenvalue weighted by Gasteiger charge is 2.06. The summed E-state index contributed by atoms with van der Waals surface area (Å²) in [7, 11) is 0. The first-order valence-corrected chi connectivity index (χ1v) is 8.62. The lowest BCUT2D eigenvalue weighted by molar-refractivity contribution is -0.120. The minimum Gasteiger partial charge on any atom is -0.306 e. The molecule has 0 bridgehead atoms. The number of hydrogen-bond donors (Lipinski definition) is 2. The SMILES string of the molecule is Cc1cc(C)c(/C=N/NC(=O)CNC(C)Cc2ccccc2)c(C)c1. The van der Waals surface area contributed by atoms with Gasteiger partial charge in [0.25, 0.3) is 5.91 Å². The molecule has 0 fully saturated rings. The van der Waals surface area contributed by atoms with Gasteiger partial charge in [-0.2, -0.15) is 5.10 Å². The van der Waals surface area contributed by atoms with Crippen LogP contribution in [0.25, 0.3) is 0 Å². The second-order valence-corrected chi connectivity index (χ2v) is 6.58. The Hall–Kier alpha value is -2.46. The van der Waals surface area contributed by atoms with Crippen LogP contribution in [0.3, 0.4) is 0 Å². The molecule has 2 N–H and O–H groups in total. The molecule has 2 aromatic carbocycles. The topological polar surface area (TPSA) is 53.5 Å². The molecule has 0 saturated carbocycles. The van der Waals surface area contributed by atoms with Crippen LogP contribution < -0.4 is 10.7 Å². The third-order valence-electron chi connectivity index (χ3n) is 4.12. The Labute approximate surface area is 150 Å². The standard InChI is InChI=1S/C21H27N3O/c1-15-10-16(2)20(17(3)11-15)13-23-24-21(25)14-22-18(4)12-19-8-6-5-7-9-19/h5-11,13,18,22H,12,14H2,1-4H3,(H,24,25)/b23-13+. The van der Waals surface area contributed by atoms with Gasteiger partial charge >= 0.3 is 0 Å². The molecule has 1 amide bonds. The van der Waals surface area contributed by atoms with Crippen LogP contribution in [0.4, 0.5) is 0 Å². The molecule has 1 atom stereocenters. The molecule has 4 heteroatoms. The zero-order chi connectivity index (χ0) is 18.2. The predicted molar refractivity (Wildman–Crippen MR) is 104 cm³/mol. The summed E-state index contributed by atoms with van der Waals surface area (Å²) in [5.74, 6) is -0.140. The normalized spacial score (nSPS) is 12.3. The van der Waals surface area contributed by atoms with E-state index in [1.807, 2.05) is 18.2 Å². The minimum atomic E-state index is -0.140. The van der Waals surface area contributed by atoms with Gasteiger partial charge in [-0.25, -0.2) is 5.43 Å².